The molecule has 1 aromatic rings. The molecule has 0 fully saturated rings. The minimum Gasteiger partial charge on any atom is -0.465 e. The first-order valence-corrected chi connectivity index (χ1v) is 8.38. The quantitative estimate of drug-likeness (QED) is 0.820. The molecule has 0 aliphatic rings. The Morgan fingerprint density at radius 3 is 2.29 bits per heavy atom. The first kappa shape index (κ1) is 17.9. The third-order valence-corrected chi connectivity index (χ3v) is 5.60. The Morgan fingerprint density at radius 1 is 1.29 bits per heavy atom. The van der Waals surface area contributed by atoms with Gasteiger partial charge in [0.25, 0.3) is 0 Å². The van der Waals surface area contributed by atoms with Crippen molar-refractivity contribution in [1.29, 1.82) is 0 Å². The van der Waals surface area contributed by atoms with E-state index >= 15 is 0 Å². The van der Waals surface area contributed by atoms with Crippen LogP contribution in [-0.2, 0) is 16.6 Å². The molecule has 0 amide bonds. The van der Waals surface area contributed by atoms with Crippen LogP contribution >= 0.6 is 0 Å². The topological polar surface area (TPSA) is 62.6 Å². The van der Waals surface area contributed by atoms with Gasteiger partial charge in [0.05, 0.1) is 0 Å². The summed E-state index contributed by atoms with van der Waals surface area (Å²) in [6.45, 7) is 13.5. The fourth-order valence-electron chi connectivity index (χ4n) is 2.39. The van der Waals surface area contributed by atoms with Gasteiger partial charge in [0.2, 0.25) is 10.0 Å². The van der Waals surface area contributed by atoms with Gasteiger partial charge in [-0.15, -0.1) is 6.58 Å². The van der Waals surface area contributed by atoms with Crippen LogP contribution in [0.5, 0.6) is 0 Å². The van der Waals surface area contributed by atoms with Crippen LogP contribution in [0.1, 0.15) is 37.9 Å². The normalized spacial score (nSPS) is 12.9. The van der Waals surface area contributed by atoms with Crippen LogP contribution in [0.3, 0.4) is 0 Å². The van der Waals surface area contributed by atoms with Gasteiger partial charge >= 0.3 is 0 Å². The molecular formula is C15H26N2O3S. The molecular weight excluding hydrogens is 288 g/mol. The molecule has 5 nitrogen and oxygen atoms in total. The lowest BCUT2D eigenvalue weighted by Gasteiger charge is -2.33. The number of hydrogen-bond acceptors (Lipinski definition) is 4. The van der Waals surface area contributed by atoms with Crippen LogP contribution in [0.25, 0.3) is 0 Å². The largest absolute Gasteiger partial charge is 0.465 e. The lowest BCUT2D eigenvalue weighted by Crippen LogP contribution is -2.45. The Morgan fingerprint density at radius 2 is 1.86 bits per heavy atom. The number of furan rings is 1. The first-order valence-electron chi connectivity index (χ1n) is 6.94. The van der Waals surface area contributed by atoms with Crippen molar-refractivity contribution in [3.63, 3.8) is 0 Å². The molecule has 1 aromatic heterocycles. The van der Waals surface area contributed by atoms with E-state index in [0.717, 1.165) is 0 Å². The van der Waals surface area contributed by atoms with E-state index in [1.165, 1.54) is 4.31 Å². The lowest BCUT2D eigenvalue weighted by molar-refractivity contribution is 0.269. The summed E-state index contributed by atoms with van der Waals surface area (Å²) in [5.74, 6) is 1.06. The molecule has 0 bridgehead atoms. The van der Waals surface area contributed by atoms with E-state index in [2.05, 4.69) is 11.9 Å². The second-order valence-electron chi connectivity index (χ2n) is 6.05. The monoisotopic (exact) mass is 314 g/mol. The van der Waals surface area contributed by atoms with Crippen molar-refractivity contribution in [2.75, 3.05) is 13.6 Å². The molecule has 0 saturated heterocycles. The number of nitrogens with one attached hydrogen (secondary N) is 1. The average Bonchev–Trinajstić information content (AvgIpc) is 2.60. The van der Waals surface area contributed by atoms with Gasteiger partial charge in [-0.2, -0.15) is 4.31 Å². The standard InChI is InChI=1S/C15H26N2O3S/c1-8-9-17(15(4,5)6)21(18,19)14-12(3)20-11(2)13(14)10-16-7/h8,16H,1,9-10H2,2-7H3. The summed E-state index contributed by atoms with van der Waals surface area (Å²) < 4.78 is 33.2. The van der Waals surface area contributed by atoms with E-state index in [9.17, 15) is 8.42 Å². The van der Waals surface area contributed by atoms with Crippen LogP contribution in [0.2, 0.25) is 0 Å². The van der Waals surface area contributed by atoms with Gasteiger partial charge in [-0.3, -0.25) is 0 Å². The number of aryl methyl sites for hydroxylation is 2. The second kappa shape index (κ2) is 6.34. The summed E-state index contributed by atoms with van der Waals surface area (Å²) in [7, 11) is -1.87. The molecule has 0 atom stereocenters. The lowest BCUT2D eigenvalue weighted by atomic mass is 10.1. The van der Waals surface area contributed by atoms with Gasteiger partial charge in [0.15, 0.2) is 0 Å². The molecule has 0 aliphatic carbocycles. The highest BCUT2D eigenvalue weighted by Gasteiger charge is 2.37. The number of rotatable bonds is 6. The van der Waals surface area contributed by atoms with Crippen LogP contribution in [-0.4, -0.2) is 31.9 Å². The van der Waals surface area contributed by atoms with Gasteiger partial charge in [-0.1, -0.05) is 6.08 Å². The number of sulfonamides is 1. The van der Waals surface area contributed by atoms with Crippen molar-refractivity contribution in [3.05, 3.63) is 29.7 Å². The van der Waals surface area contributed by atoms with E-state index in [1.807, 2.05) is 20.8 Å². The molecule has 0 aliphatic heterocycles. The van der Waals surface area contributed by atoms with Crippen LogP contribution in [0, 0.1) is 13.8 Å². The van der Waals surface area contributed by atoms with Crippen molar-refractivity contribution in [2.24, 2.45) is 0 Å². The Labute approximate surface area is 128 Å². The minimum absolute atomic E-state index is 0.258. The van der Waals surface area contributed by atoms with Crippen molar-refractivity contribution < 1.29 is 12.8 Å². The molecule has 1 N–H and O–H groups in total. The molecule has 120 valence electrons. The summed E-state index contributed by atoms with van der Waals surface area (Å²) in [5, 5.41) is 3.00. The van der Waals surface area contributed by atoms with Crippen molar-refractivity contribution >= 4 is 10.0 Å². The predicted molar refractivity (Wildman–Crippen MR) is 84.8 cm³/mol. The maximum absolute atomic E-state index is 13.1. The number of nitrogens with zero attached hydrogens (tertiary/aromatic N) is 1. The van der Waals surface area contributed by atoms with Crippen LogP contribution < -0.4 is 5.32 Å². The Hall–Kier alpha value is -1.11. The van der Waals surface area contributed by atoms with E-state index in [0.29, 0.717) is 23.6 Å². The smallest absolute Gasteiger partial charge is 0.247 e. The molecule has 0 aromatic carbocycles. The Balaban J connectivity index is 3.52. The van der Waals surface area contributed by atoms with E-state index in [4.69, 9.17) is 4.42 Å². The predicted octanol–water partition coefficient (Wildman–Crippen LogP) is 2.59. The van der Waals surface area contributed by atoms with Gasteiger partial charge in [0.1, 0.15) is 16.4 Å². The zero-order valence-corrected chi connectivity index (χ0v) is 14.6. The molecule has 6 heteroatoms. The fourth-order valence-corrected chi connectivity index (χ4v) is 4.56. The third kappa shape index (κ3) is 3.56. The maximum atomic E-state index is 13.1. The highest BCUT2D eigenvalue weighted by molar-refractivity contribution is 7.89. The van der Waals surface area contributed by atoms with Gasteiger partial charge < -0.3 is 9.73 Å². The van der Waals surface area contributed by atoms with E-state index in [-0.39, 0.29) is 11.4 Å². The number of hydrogen-bond donors (Lipinski definition) is 1. The highest BCUT2D eigenvalue weighted by atomic mass is 32.2. The molecule has 1 heterocycles. The molecule has 21 heavy (non-hydrogen) atoms. The van der Waals surface area contributed by atoms with E-state index < -0.39 is 15.6 Å². The summed E-state index contributed by atoms with van der Waals surface area (Å²) in [6, 6.07) is 0. The third-order valence-electron chi connectivity index (χ3n) is 3.27. The van der Waals surface area contributed by atoms with Crippen molar-refractivity contribution in [1.82, 2.24) is 9.62 Å². The molecule has 0 unspecified atom stereocenters. The van der Waals surface area contributed by atoms with Gasteiger partial charge in [-0.25, -0.2) is 8.42 Å². The molecule has 0 radical (unpaired) electrons. The van der Waals surface area contributed by atoms with Crippen molar-refractivity contribution in [3.8, 4) is 0 Å². The second-order valence-corrected chi connectivity index (χ2v) is 7.85. The summed E-state index contributed by atoms with van der Waals surface area (Å²) in [5.41, 5.74) is 0.148. The molecule has 0 saturated carbocycles. The zero-order chi connectivity index (χ0) is 16.4. The van der Waals surface area contributed by atoms with Crippen LogP contribution in [0.15, 0.2) is 22.0 Å². The van der Waals surface area contributed by atoms with Gasteiger partial charge in [0, 0.05) is 24.2 Å². The fraction of sp³-hybridized carbons (Fsp3) is 0.600. The van der Waals surface area contributed by atoms with Gasteiger partial charge in [-0.05, 0) is 41.7 Å². The Kier molecular flexibility index (Phi) is 5.41. The Bertz CT molecular complexity index is 610. The summed E-state index contributed by atoms with van der Waals surface area (Å²) in [6.07, 6.45) is 1.60. The average molecular weight is 314 g/mol. The van der Waals surface area contributed by atoms with E-state index in [1.54, 1.807) is 27.0 Å². The first-order chi connectivity index (χ1) is 9.57. The maximum Gasteiger partial charge on any atom is 0.247 e. The summed E-state index contributed by atoms with van der Waals surface area (Å²) >= 11 is 0. The summed E-state index contributed by atoms with van der Waals surface area (Å²) in [4.78, 5) is 0.270. The van der Waals surface area contributed by atoms with Crippen LogP contribution in [0.4, 0.5) is 0 Å². The SMILES string of the molecule is C=CCN(C(C)(C)C)S(=O)(=O)c1c(C)oc(C)c1CNC. The molecule has 0 spiro atoms. The zero-order valence-electron chi connectivity index (χ0n) is 13.8. The molecule has 1 rings (SSSR count). The van der Waals surface area contributed by atoms with Crippen molar-refractivity contribution in [2.45, 2.75) is 51.6 Å². The highest BCUT2D eigenvalue weighted by Crippen LogP contribution is 2.32. The minimum atomic E-state index is -3.66.